The zero-order chi connectivity index (χ0) is 9.78. The number of aliphatic hydroxyl groups is 1. The van der Waals surface area contributed by atoms with Gasteiger partial charge in [-0.05, 0) is 20.8 Å². The first kappa shape index (κ1) is 11.0. The fraction of sp³-hybridized carbons (Fsp3) is 0.667. The molecule has 0 saturated carbocycles. The molecule has 68 valence electrons. The van der Waals surface area contributed by atoms with Crippen molar-refractivity contribution in [3.63, 3.8) is 0 Å². The summed E-state index contributed by atoms with van der Waals surface area (Å²) in [6, 6.07) is 0. The van der Waals surface area contributed by atoms with Crippen LogP contribution in [0.4, 0.5) is 0 Å². The summed E-state index contributed by atoms with van der Waals surface area (Å²) in [6.45, 7) is 5.50. The summed E-state index contributed by atoms with van der Waals surface area (Å²) in [4.78, 5) is 12.8. The monoisotopic (exact) mass is 169 g/mol. The van der Waals surface area contributed by atoms with Crippen molar-refractivity contribution in [3.8, 4) is 12.3 Å². The number of nitrogens with zero attached hydrogens (tertiary/aromatic N) is 1. The summed E-state index contributed by atoms with van der Waals surface area (Å²) in [7, 11) is 0. The van der Waals surface area contributed by atoms with Crippen LogP contribution in [0.1, 0.15) is 20.8 Å². The standard InChI is InChI=1S/C9H15NO2/c1-5-7-10(6-2)8(11)9(3,4)12/h1,12H,6-7H2,2-4H3. The largest absolute Gasteiger partial charge is 0.381 e. The van der Waals surface area contributed by atoms with Crippen molar-refractivity contribution in [2.75, 3.05) is 13.1 Å². The van der Waals surface area contributed by atoms with E-state index in [9.17, 15) is 9.90 Å². The Balaban J connectivity index is 4.34. The third-order valence-electron chi connectivity index (χ3n) is 1.47. The third kappa shape index (κ3) is 2.93. The van der Waals surface area contributed by atoms with Crippen LogP contribution >= 0.6 is 0 Å². The van der Waals surface area contributed by atoms with Gasteiger partial charge in [-0.1, -0.05) is 5.92 Å². The van der Waals surface area contributed by atoms with E-state index >= 15 is 0 Å². The van der Waals surface area contributed by atoms with Gasteiger partial charge in [0.25, 0.3) is 5.91 Å². The smallest absolute Gasteiger partial charge is 0.254 e. The molecule has 0 saturated heterocycles. The van der Waals surface area contributed by atoms with Crippen molar-refractivity contribution in [1.29, 1.82) is 0 Å². The van der Waals surface area contributed by atoms with Crippen LogP contribution in [0, 0.1) is 12.3 Å². The SMILES string of the molecule is C#CCN(CC)C(=O)C(C)(C)O. The Bertz CT molecular complexity index is 198. The Morgan fingerprint density at radius 3 is 2.42 bits per heavy atom. The van der Waals surface area contributed by atoms with Crippen molar-refractivity contribution >= 4 is 5.91 Å². The molecule has 0 fully saturated rings. The van der Waals surface area contributed by atoms with Crippen LogP contribution in [-0.2, 0) is 4.79 Å². The van der Waals surface area contributed by atoms with Crippen LogP contribution in [-0.4, -0.2) is 34.6 Å². The van der Waals surface area contributed by atoms with Crippen LogP contribution in [0.3, 0.4) is 0 Å². The molecule has 3 heteroatoms. The molecule has 0 radical (unpaired) electrons. The molecule has 0 atom stereocenters. The predicted molar refractivity (Wildman–Crippen MR) is 47.4 cm³/mol. The Morgan fingerprint density at radius 2 is 2.17 bits per heavy atom. The normalized spacial score (nSPS) is 10.6. The molecule has 0 aliphatic rings. The van der Waals surface area contributed by atoms with Crippen LogP contribution in [0.2, 0.25) is 0 Å². The van der Waals surface area contributed by atoms with Gasteiger partial charge in [0.2, 0.25) is 0 Å². The highest BCUT2D eigenvalue weighted by Gasteiger charge is 2.27. The van der Waals surface area contributed by atoms with E-state index < -0.39 is 5.60 Å². The Hall–Kier alpha value is -1.01. The molecular weight excluding hydrogens is 154 g/mol. The van der Waals surface area contributed by atoms with Crippen molar-refractivity contribution in [2.24, 2.45) is 0 Å². The van der Waals surface area contributed by atoms with Crippen LogP contribution in [0.25, 0.3) is 0 Å². The molecule has 0 unspecified atom stereocenters. The molecule has 12 heavy (non-hydrogen) atoms. The minimum atomic E-state index is -1.33. The van der Waals surface area contributed by atoms with E-state index in [-0.39, 0.29) is 12.5 Å². The number of hydrogen-bond donors (Lipinski definition) is 1. The van der Waals surface area contributed by atoms with E-state index in [0.29, 0.717) is 6.54 Å². The molecule has 1 amide bonds. The molecule has 1 N–H and O–H groups in total. The second kappa shape index (κ2) is 4.13. The summed E-state index contributed by atoms with van der Waals surface area (Å²) in [6.07, 6.45) is 5.06. The van der Waals surface area contributed by atoms with Gasteiger partial charge in [-0.15, -0.1) is 6.42 Å². The van der Waals surface area contributed by atoms with E-state index in [1.54, 1.807) is 0 Å². The maximum absolute atomic E-state index is 11.4. The van der Waals surface area contributed by atoms with E-state index in [2.05, 4.69) is 5.92 Å². The van der Waals surface area contributed by atoms with E-state index in [1.807, 2.05) is 6.92 Å². The molecule has 0 rings (SSSR count). The number of likely N-dealkylation sites (N-methyl/N-ethyl adjacent to an activating group) is 1. The van der Waals surface area contributed by atoms with Gasteiger partial charge in [0.1, 0.15) is 5.60 Å². The second-order valence-corrected chi connectivity index (χ2v) is 3.08. The zero-order valence-corrected chi connectivity index (χ0v) is 7.79. The highest BCUT2D eigenvalue weighted by atomic mass is 16.3. The maximum Gasteiger partial charge on any atom is 0.254 e. The molecule has 3 nitrogen and oxygen atoms in total. The maximum atomic E-state index is 11.4. The van der Waals surface area contributed by atoms with Gasteiger partial charge in [0.15, 0.2) is 0 Å². The average molecular weight is 169 g/mol. The lowest BCUT2D eigenvalue weighted by molar-refractivity contribution is -0.146. The van der Waals surface area contributed by atoms with E-state index in [1.165, 1.54) is 18.7 Å². The van der Waals surface area contributed by atoms with Crippen LogP contribution < -0.4 is 0 Å². The minimum Gasteiger partial charge on any atom is -0.381 e. The molecule has 0 aliphatic heterocycles. The molecule has 0 spiro atoms. The number of terminal acetylenes is 1. The predicted octanol–water partition coefficient (Wildman–Crippen LogP) is 0.239. The molecular formula is C9H15NO2. The first-order valence-corrected chi connectivity index (χ1v) is 3.88. The van der Waals surface area contributed by atoms with Gasteiger partial charge in [-0.3, -0.25) is 4.79 Å². The summed E-state index contributed by atoms with van der Waals surface area (Å²) in [5, 5.41) is 9.35. The molecule has 0 aliphatic carbocycles. The number of carbonyl (C=O) groups excluding carboxylic acids is 1. The molecule has 0 bridgehead atoms. The van der Waals surface area contributed by atoms with Crippen molar-refractivity contribution in [3.05, 3.63) is 0 Å². The number of rotatable bonds is 3. The molecule has 0 aromatic heterocycles. The number of amides is 1. The zero-order valence-electron chi connectivity index (χ0n) is 7.79. The van der Waals surface area contributed by atoms with Gasteiger partial charge in [-0.2, -0.15) is 0 Å². The number of hydrogen-bond acceptors (Lipinski definition) is 2. The summed E-state index contributed by atoms with van der Waals surface area (Å²) >= 11 is 0. The number of carbonyl (C=O) groups is 1. The third-order valence-corrected chi connectivity index (χ3v) is 1.47. The highest BCUT2D eigenvalue weighted by molar-refractivity contribution is 5.84. The molecule has 0 aromatic rings. The van der Waals surface area contributed by atoms with Crippen LogP contribution in [0.5, 0.6) is 0 Å². The molecule has 0 aromatic carbocycles. The van der Waals surface area contributed by atoms with Gasteiger partial charge in [-0.25, -0.2) is 0 Å². The van der Waals surface area contributed by atoms with Gasteiger partial charge < -0.3 is 10.0 Å². The summed E-state index contributed by atoms with van der Waals surface area (Å²) in [5.74, 6) is 2.04. The van der Waals surface area contributed by atoms with Crippen molar-refractivity contribution in [1.82, 2.24) is 4.90 Å². The van der Waals surface area contributed by atoms with Crippen molar-refractivity contribution in [2.45, 2.75) is 26.4 Å². The fourth-order valence-corrected chi connectivity index (χ4v) is 0.824. The van der Waals surface area contributed by atoms with Gasteiger partial charge >= 0.3 is 0 Å². The topological polar surface area (TPSA) is 40.5 Å². The van der Waals surface area contributed by atoms with Crippen molar-refractivity contribution < 1.29 is 9.90 Å². The quantitative estimate of drug-likeness (QED) is 0.615. The lowest BCUT2D eigenvalue weighted by Crippen LogP contribution is -2.45. The summed E-state index contributed by atoms with van der Waals surface area (Å²) < 4.78 is 0. The lowest BCUT2D eigenvalue weighted by Gasteiger charge is -2.25. The Kier molecular flexibility index (Phi) is 3.78. The van der Waals surface area contributed by atoms with E-state index in [4.69, 9.17) is 6.42 Å². The van der Waals surface area contributed by atoms with E-state index in [0.717, 1.165) is 0 Å². The van der Waals surface area contributed by atoms with Gasteiger partial charge in [0.05, 0.1) is 6.54 Å². The first-order chi connectivity index (χ1) is 5.43. The highest BCUT2D eigenvalue weighted by Crippen LogP contribution is 2.06. The Morgan fingerprint density at radius 1 is 1.67 bits per heavy atom. The summed E-state index contributed by atoms with van der Waals surface area (Å²) in [5.41, 5.74) is -1.33. The Labute approximate surface area is 73.4 Å². The van der Waals surface area contributed by atoms with Gasteiger partial charge in [0, 0.05) is 6.54 Å². The second-order valence-electron chi connectivity index (χ2n) is 3.08. The van der Waals surface area contributed by atoms with Crippen LogP contribution in [0.15, 0.2) is 0 Å². The average Bonchev–Trinajstić information content (AvgIpc) is 1.97. The minimum absolute atomic E-state index is 0.249. The molecule has 0 heterocycles. The lowest BCUT2D eigenvalue weighted by atomic mass is 10.1. The first-order valence-electron chi connectivity index (χ1n) is 3.88. The fourth-order valence-electron chi connectivity index (χ4n) is 0.824.